The molecular weight excluding hydrogens is 302 g/mol. The van der Waals surface area contributed by atoms with Gasteiger partial charge in [-0.05, 0) is 35.2 Å². The summed E-state index contributed by atoms with van der Waals surface area (Å²) in [5, 5.41) is 12.3. The Kier molecular flexibility index (Phi) is 5.39. The Labute approximate surface area is 141 Å². The van der Waals surface area contributed by atoms with Gasteiger partial charge in [-0.3, -0.25) is 4.79 Å². The maximum Gasteiger partial charge on any atom is 0.336 e. The number of nitrogens with one attached hydrogen (secondary N) is 1. The van der Waals surface area contributed by atoms with Crippen LogP contribution in [0.2, 0.25) is 0 Å². The fourth-order valence-electron chi connectivity index (χ4n) is 2.34. The molecule has 0 unspecified atom stereocenters. The number of carboxylic acid groups (broad SMARTS) is 1. The zero-order valence-corrected chi connectivity index (χ0v) is 13.7. The van der Waals surface area contributed by atoms with Gasteiger partial charge in [0.05, 0.1) is 5.56 Å². The average molecular weight is 321 g/mol. The molecule has 0 saturated heterocycles. The number of hydrogen-bond acceptors (Lipinski definition) is 2. The van der Waals surface area contributed by atoms with Crippen molar-refractivity contribution in [2.75, 3.05) is 6.54 Å². The molecule has 24 heavy (non-hydrogen) atoms. The van der Waals surface area contributed by atoms with Crippen LogP contribution in [-0.2, 0) is 0 Å². The van der Waals surface area contributed by atoms with E-state index < -0.39 is 5.97 Å². The molecule has 122 valence electrons. The molecule has 0 spiro atoms. The maximum absolute atomic E-state index is 12.2. The summed E-state index contributed by atoms with van der Waals surface area (Å²) >= 11 is 0. The van der Waals surface area contributed by atoms with E-state index in [2.05, 4.69) is 11.2 Å². The van der Waals surface area contributed by atoms with Gasteiger partial charge in [0.1, 0.15) is 0 Å². The standard InChI is InChI=1S/C20H19NO3/c1-4-14-7-5-6-8-16(14)17-10-9-15(11-18(17)20(23)24)19(22)21-12-13(2)3/h1,5-11,13H,12H2,2-3H3,(H,21,22)(H,23,24). The summed E-state index contributed by atoms with van der Waals surface area (Å²) in [6, 6.07) is 11.8. The number of benzene rings is 2. The molecule has 0 atom stereocenters. The highest BCUT2D eigenvalue weighted by Crippen LogP contribution is 2.28. The highest BCUT2D eigenvalue weighted by molar-refractivity contribution is 6.02. The quantitative estimate of drug-likeness (QED) is 0.829. The van der Waals surface area contributed by atoms with Crippen LogP contribution in [0.15, 0.2) is 42.5 Å². The van der Waals surface area contributed by atoms with E-state index in [1.54, 1.807) is 36.4 Å². The molecular formula is C20H19NO3. The van der Waals surface area contributed by atoms with Crippen molar-refractivity contribution in [3.05, 3.63) is 59.2 Å². The molecule has 0 radical (unpaired) electrons. The molecule has 2 N–H and O–H groups in total. The summed E-state index contributed by atoms with van der Waals surface area (Å²) in [4.78, 5) is 23.8. The highest BCUT2D eigenvalue weighted by Gasteiger charge is 2.17. The second-order valence-electron chi connectivity index (χ2n) is 5.86. The van der Waals surface area contributed by atoms with Crippen LogP contribution in [0, 0.1) is 18.3 Å². The van der Waals surface area contributed by atoms with Gasteiger partial charge in [0, 0.05) is 17.7 Å². The second-order valence-corrected chi connectivity index (χ2v) is 5.86. The van der Waals surface area contributed by atoms with E-state index in [0.29, 0.717) is 34.7 Å². The minimum Gasteiger partial charge on any atom is -0.478 e. The SMILES string of the molecule is C#Cc1ccccc1-c1ccc(C(=O)NCC(C)C)cc1C(=O)O. The van der Waals surface area contributed by atoms with E-state index in [4.69, 9.17) is 6.42 Å². The fraction of sp³-hybridized carbons (Fsp3) is 0.200. The van der Waals surface area contributed by atoms with Gasteiger partial charge in [-0.1, -0.05) is 44.0 Å². The molecule has 2 aromatic carbocycles. The Hall–Kier alpha value is -3.06. The van der Waals surface area contributed by atoms with Crippen molar-refractivity contribution in [1.82, 2.24) is 5.32 Å². The summed E-state index contributed by atoms with van der Waals surface area (Å²) in [5.74, 6) is 1.48. The van der Waals surface area contributed by atoms with Crippen LogP contribution in [0.5, 0.6) is 0 Å². The van der Waals surface area contributed by atoms with Gasteiger partial charge in [-0.2, -0.15) is 0 Å². The molecule has 0 aliphatic heterocycles. The monoisotopic (exact) mass is 321 g/mol. The third-order valence-corrected chi connectivity index (χ3v) is 3.56. The van der Waals surface area contributed by atoms with Crippen molar-refractivity contribution in [3.8, 4) is 23.5 Å². The number of terminal acetylenes is 1. The van der Waals surface area contributed by atoms with Crippen LogP contribution in [0.4, 0.5) is 0 Å². The summed E-state index contributed by atoms with van der Waals surface area (Å²) in [7, 11) is 0. The molecule has 0 fully saturated rings. The lowest BCUT2D eigenvalue weighted by atomic mass is 9.94. The zero-order chi connectivity index (χ0) is 17.7. The van der Waals surface area contributed by atoms with Gasteiger partial charge in [-0.15, -0.1) is 6.42 Å². The Morgan fingerprint density at radius 1 is 1.17 bits per heavy atom. The molecule has 1 amide bonds. The normalized spacial score (nSPS) is 10.2. The smallest absolute Gasteiger partial charge is 0.336 e. The van der Waals surface area contributed by atoms with E-state index in [0.717, 1.165) is 0 Å². The topological polar surface area (TPSA) is 66.4 Å². The Balaban J connectivity index is 2.47. The summed E-state index contributed by atoms with van der Waals surface area (Å²) in [6.07, 6.45) is 5.50. The molecule has 0 heterocycles. The molecule has 2 aromatic rings. The number of carboxylic acids is 1. The molecule has 4 nitrogen and oxygen atoms in total. The van der Waals surface area contributed by atoms with Gasteiger partial charge in [0.2, 0.25) is 0 Å². The largest absolute Gasteiger partial charge is 0.478 e. The van der Waals surface area contributed by atoms with Crippen LogP contribution in [0.3, 0.4) is 0 Å². The Morgan fingerprint density at radius 2 is 1.88 bits per heavy atom. The molecule has 0 aliphatic rings. The van der Waals surface area contributed by atoms with E-state index in [1.165, 1.54) is 6.07 Å². The van der Waals surface area contributed by atoms with Crippen molar-refractivity contribution in [2.24, 2.45) is 5.92 Å². The minimum atomic E-state index is -1.10. The first kappa shape index (κ1) is 17.3. The van der Waals surface area contributed by atoms with Gasteiger partial charge in [0.25, 0.3) is 5.91 Å². The molecule has 0 bridgehead atoms. The molecule has 0 saturated carbocycles. The van der Waals surface area contributed by atoms with E-state index >= 15 is 0 Å². The third kappa shape index (κ3) is 3.82. The van der Waals surface area contributed by atoms with Crippen LogP contribution in [-0.4, -0.2) is 23.5 Å². The number of rotatable bonds is 5. The molecule has 0 aliphatic carbocycles. The number of carbonyl (C=O) groups is 2. The highest BCUT2D eigenvalue weighted by atomic mass is 16.4. The van der Waals surface area contributed by atoms with Crippen molar-refractivity contribution in [1.29, 1.82) is 0 Å². The van der Waals surface area contributed by atoms with E-state index in [9.17, 15) is 14.7 Å². The van der Waals surface area contributed by atoms with E-state index in [1.807, 2.05) is 13.8 Å². The van der Waals surface area contributed by atoms with Gasteiger partial charge < -0.3 is 10.4 Å². The lowest BCUT2D eigenvalue weighted by Gasteiger charge is -2.12. The number of hydrogen-bond donors (Lipinski definition) is 2. The zero-order valence-electron chi connectivity index (χ0n) is 13.7. The number of amides is 1. The Bertz CT molecular complexity index is 816. The lowest BCUT2D eigenvalue weighted by Crippen LogP contribution is -2.27. The van der Waals surface area contributed by atoms with Crippen molar-refractivity contribution in [2.45, 2.75) is 13.8 Å². The lowest BCUT2D eigenvalue weighted by molar-refractivity contribution is 0.0697. The first-order valence-corrected chi connectivity index (χ1v) is 7.65. The fourth-order valence-corrected chi connectivity index (χ4v) is 2.34. The average Bonchev–Trinajstić information content (AvgIpc) is 2.58. The molecule has 2 rings (SSSR count). The predicted molar refractivity (Wildman–Crippen MR) is 93.9 cm³/mol. The molecule has 4 heteroatoms. The predicted octanol–water partition coefficient (Wildman–Crippen LogP) is 3.42. The van der Waals surface area contributed by atoms with Crippen molar-refractivity contribution >= 4 is 11.9 Å². The van der Waals surface area contributed by atoms with Crippen LogP contribution in [0.25, 0.3) is 11.1 Å². The Morgan fingerprint density at radius 3 is 2.50 bits per heavy atom. The van der Waals surface area contributed by atoms with Crippen molar-refractivity contribution in [3.63, 3.8) is 0 Å². The molecule has 0 aromatic heterocycles. The minimum absolute atomic E-state index is 0.0508. The van der Waals surface area contributed by atoms with Gasteiger partial charge >= 0.3 is 5.97 Å². The summed E-state index contributed by atoms with van der Waals surface area (Å²) < 4.78 is 0. The van der Waals surface area contributed by atoms with E-state index in [-0.39, 0.29) is 11.5 Å². The number of aromatic carboxylic acids is 1. The van der Waals surface area contributed by atoms with Gasteiger partial charge in [0.15, 0.2) is 0 Å². The first-order chi connectivity index (χ1) is 11.4. The maximum atomic E-state index is 12.2. The van der Waals surface area contributed by atoms with Crippen molar-refractivity contribution < 1.29 is 14.7 Å². The first-order valence-electron chi connectivity index (χ1n) is 7.65. The summed E-state index contributed by atoms with van der Waals surface area (Å²) in [6.45, 7) is 4.51. The van der Waals surface area contributed by atoms with Crippen LogP contribution >= 0.6 is 0 Å². The van der Waals surface area contributed by atoms with Gasteiger partial charge in [-0.25, -0.2) is 4.79 Å². The number of carbonyl (C=O) groups excluding carboxylic acids is 1. The second kappa shape index (κ2) is 7.47. The third-order valence-electron chi connectivity index (χ3n) is 3.56. The van der Waals surface area contributed by atoms with Crippen LogP contribution in [0.1, 0.15) is 40.1 Å². The summed E-state index contributed by atoms with van der Waals surface area (Å²) in [5.41, 5.74) is 2.13. The van der Waals surface area contributed by atoms with Crippen LogP contribution < -0.4 is 5.32 Å².